The molecule has 0 fully saturated rings. The Hall–Kier alpha value is -1.88. The van der Waals surface area contributed by atoms with E-state index in [0.29, 0.717) is 13.0 Å². The van der Waals surface area contributed by atoms with Crippen molar-refractivity contribution in [1.82, 2.24) is 14.9 Å². The van der Waals surface area contributed by atoms with Crippen LogP contribution in [0, 0.1) is 0 Å². The van der Waals surface area contributed by atoms with Crippen molar-refractivity contribution in [2.45, 2.75) is 25.8 Å². The normalized spacial score (nSPS) is 12.6. The molecule has 1 amide bonds. The van der Waals surface area contributed by atoms with Gasteiger partial charge in [-0.2, -0.15) is 0 Å². The number of nitrogens with one attached hydrogen (secondary N) is 1. The minimum absolute atomic E-state index is 0.0868. The number of aromatic amines is 1. The van der Waals surface area contributed by atoms with Crippen LogP contribution in [0.2, 0.25) is 0 Å². The van der Waals surface area contributed by atoms with E-state index >= 15 is 0 Å². The van der Waals surface area contributed by atoms with E-state index in [1.807, 2.05) is 26.1 Å². The van der Waals surface area contributed by atoms with Gasteiger partial charge in [0.05, 0.1) is 17.4 Å². The topological polar surface area (TPSA) is 75.0 Å². The molecule has 0 saturated carbocycles. The SMILES string of the molecule is CC(N)CC(=O)N(C)CCc1ccc2nc[nH]c2c1. The fourth-order valence-corrected chi connectivity index (χ4v) is 1.99. The standard InChI is InChI=1S/C14H20N4O/c1-10(15)7-14(19)18(2)6-5-11-3-4-12-13(8-11)17-9-16-12/h3-4,8-10H,5-7,15H2,1-2H3,(H,16,17). The van der Waals surface area contributed by atoms with E-state index in [-0.39, 0.29) is 11.9 Å². The molecule has 1 heterocycles. The molecule has 1 atom stereocenters. The van der Waals surface area contributed by atoms with E-state index in [9.17, 15) is 4.79 Å². The highest BCUT2D eigenvalue weighted by Crippen LogP contribution is 2.12. The maximum absolute atomic E-state index is 11.8. The third-order valence-corrected chi connectivity index (χ3v) is 3.14. The molecule has 1 aromatic carbocycles. The number of H-pyrrole nitrogens is 1. The number of likely N-dealkylation sites (N-methyl/N-ethyl adjacent to an activating group) is 1. The number of carbonyl (C=O) groups excluding carboxylic acids is 1. The molecular weight excluding hydrogens is 240 g/mol. The van der Waals surface area contributed by atoms with Gasteiger partial charge in [0.2, 0.25) is 5.91 Å². The molecule has 2 rings (SSSR count). The molecule has 1 unspecified atom stereocenters. The van der Waals surface area contributed by atoms with Gasteiger partial charge in [-0.25, -0.2) is 4.98 Å². The fraction of sp³-hybridized carbons (Fsp3) is 0.429. The van der Waals surface area contributed by atoms with Crippen LogP contribution < -0.4 is 5.73 Å². The summed E-state index contributed by atoms with van der Waals surface area (Å²) in [6.45, 7) is 2.54. The monoisotopic (exact) mass is 260 g/mol. The highest BCUT2D eigenvalue weighted by Gasteiger charge is 2.10. The number of nitrogens with two attached hydrogens (primary N) is 1. The Morgan fingerprint density at radius 1 is 1.53 bits per heavy atom. The third-order valence-electron chi connectivity index (χ3n) is 3.14. The van der Waals surface area contributed by atoms with E-state index < -0.39 is 0 Å². The first-order chi connectivity index (χ1) is 9.06. The number of aromatic nitrogens is 2. The molecule has 3 N–H and O–H groups in total. The average molecular weight is 260 g/mol. The molecule has 19 heavy (non-hydrogen) atoms. The van der Waals surface area contributed by atoms with Crippen LogP contribution in [0.25, 0.3) is 11.0 Å². The van der Waals surface area contributed by atoms with Crippen molar-refractivity contribution in [1.29, 1.82) is 0 Å². The molecule has 0 aliphatic heterocycles. The number of amides is 1. The first-order valence-corrected chi connectivity index (χ1v) is 6.48. The summed E-state index contributed by atoms with van der Waals surface area (Å²) in [5, 5.41) is 0. The second-order valence-corrected chi connectivity index (χ2v) is 5.00. The van der Waals surface area contributed by atoms with Crippen LogP contribution in [-0.4, -0.2) is 40.4 Å². The Morgan fingerprint density at radius 2 is 2.32 bits per heavy atom. The minimum Gasteiger partial charge on any atom is -0.345 e. The van der Waals surface area contributed by atoms with E-state index in [2.05, 4.69) is 16.0 Å². The lowest BCUT2D eigenvalue weighted by atomic mass is 10.1. The number of fused-ring (bicyclic) bond motifs is 1. The van der Waals surface area contributed by atoms with Crippen LogP contribution in [0.5, 0.6) is 0 Å². The predicted molar refractivity (Wildman–Crippen MR) is 75.7 cm³/mol. The molecule has 0 spiro atoms. The quantitative estimate of drug-likeness (QED) is 0.851. The first-order valence-electron chi connectivity index (χ1n) is 6.48. The Morgan fingerprint density at radius 3 is 3.05 bits per heavy atom. The number of hydrogen-bond acceptors (Lipinski definition) is 3. The van der Waals surface area contributed by atoms with Crippen molar-refractivity contribution in [3.63, 3.8) is 0 Å². The number of carbonyl (C=O) groups is 1. The minimum atomic E-state index is -0.0868. The van der Waals surface area contributed by atoms with Crippen LogP contribution in [0.3, 0.4) is 0 Å². The smallest absolute Gasteiger partial charge is 0.223 e. The van der Waals surface area contributed by atoms with E-state index in [4.69, 9.17) is 5.73 Å². The first kappa shape index (κ1) is 13.5. The van der Waals surface area contributed by atoms with Gasteiger partial charge in [-0.3, -0.25) is 4.79 Å². The Labute approximate surface area is 112 Å². The molecule has 0 aliphatic carbocycles. The molecule has 5 nitrogen and oxygen atoms in total. The van der Waals surface area contributed by atoms with Crippen molar-refractivity contribution in [2.75, 3.05) is 13.6 Å². The van der Waals surface area contributed by atoms with Crippen molar-refractivity contribution in [3.05, 3.63) is 30.1 Å². The van der Waals surface area contributed by atoms with Crippen LogP contribution in [0.15, 0.2) is 24.5 Å². The van der Waals surface area contributed by atoms with Crippen molar-refractivity contribution >= 4 is 16.9 Å². The number of benzene rings is 1. The van der Waals surface area contributed by atoms with E-state index in [1.54, 1.807) is 11.2 Å². The average Bonchev–Trinajstić information content (AvgIpc) is 2.82. The Bertz CT molecular complexity index is 561. The van der Waals surface area contributed by atoms with E-state index in [0.717, 1.165) is 17.5 Å². The van der Waals surface area contributed by atoms with Crippen LogP contribution in [-0.2, 0) is 11.2 Å². The van der Waals surface area contributed by atoms with Gasteiger partial charge in [0.15, 0.2) is 0 Å². The predicted octanol–water partition coefficient (Wildman–Crippen LogP) is 1.30. The summed E-state index contributed by atoms with van der Waals surface area (Å²) in [7, 11) is 1.82. The summed E-state index contributed by atoms with van der Waals surface area (Å²) in [6.07, 6.45) is 2.92. The lowest BCUT2D eigenvalue weighted by Gasteiger charge is -2.18. The summed E-state index contributed by atoms with van der Waals surface area (Å²) in [6, 6.07) is 6.03. The van der Waals surface area contributed by atoms with E-state index in [1.165, 1.54) is 5.56 Å². The van der Waals surface area contributed by atoms with Crippen molar-refractivity contribution < 1.29 is 4.79 Å². The lowest BCUT2D eigenvalue weighted by molar-refractivity contribution is -0.130. The summed E-state index contributed by atoms with van der Waals surface area (Å²) in [4.78, 5) is 20.8. The Balaban J connectivity index is 1.92. The summed E-state index contributed by atoms with van der Waals surface area (Å²) in [5.41, 5.74) is 8.81. The molecule has 0 radical (unpaired) electrons. The maximum atomic E-state index is 11.8. The van der Waals surface area contributed by atoms with Crippen LogP contribution in [0.1, 0.15) is 18.9 Å². The van der Waals surface area contributed by atoms with Gasteiger partial charge in [-0.15, -0.1) is 0 Å². The highest BCUT2D eigenvalue weighted by atomic mass is 16.2. The van der Waals surface area contributed by atoms with Crippen LogP contribution in [0.4, 0.5) is 0 Å². The Kier molecular flexibility index (Phi) is 4.16. The fourth-order valence-electron chi connectivity index (χ4n) is 1.99. The number of nitrogens with zero attached hydrogens (tertiary/aromatic N) is 2. The van der Waals surface area contributed by atoms with Gasteiger partial charge in [0, 0.05) is 26.1 Å². The largest absolute Gasteiger partial charge is 0.345 e. The van der Waals surface area contributed by atoms with Gasteiger partial charge < -0.3 is 15.6 Å². The molecule has 0 saturated heterocycles. The third kappa shape index (κ3) is 3.54. The zero-order chi connectivity index (χ0) is 13.8. The summed E-state index contributed by atoms with van der Waals surface area (Å²) >= 11 is 0. The number of hydrogen-bond donors (Lipinski definition) is 2. The molecule has 1 aromatic heterocycles. The zero-order valence-electron chi connectivity index (χ0n) is 11.4. The number of imidazole rings is 1. The highest BCUT2D eigenvalue weighted by molar-refractivity contribution is 5.76. The van der Waals surface area contributed by atoms with Gasteiger partial charge in [-0.05, 0) is 31.0 Å². The van der Waals surface area contributed by atoms with Gasteiger partial charge in [0.25, 0.3) is 0 Å². The maximum Gasteiger partial charge on any atom is 0.223 e. The molecular formula is C14H20N4O. The molecule has 102 valence electrons. The van der Waals surface area contributed by atoms with Crippen molar-refractivity contribution in [2.24, 2.45) is 5.73 Å². The van der Waals surface area contributed by atoms with Crippen molar-refractivity contribution in [3.8, 4) is 0 Å². The van der Waals surface area contributed by atoms with Gasteiger partial charge in [-0.1, -0.05) is 6.07 Å². The second kappa shape index (κ2) is 5.84. The molecule has 0 bridgehead atoms. The summed E-state index contributed by atoms with van der Waals surface area (Å²) < 4.78 is 0. The zero-order valence-corrected chi connectivity index (χ0v) is 11.4. The molecule has 5 heteroatoms. The molecule has 0 aliphatic rings. The van der Waals surface area contributed by atoms with Gasteiger partial charge in [0.1, 0.15) is 0 Å². The summed E-state index contributed by atoms with van der Waals surface area (Å²) in [5.74, 6) is 0.0950. The van der Waals surface area contributed by atoms with Gasteiger partial charge >= 0.3 is 0 Å². The number of rotatable bonds is 5. The lowest BCUT2D eigenvalue weighted by Crippen LogP contribution is -2.33. The molecule has 2 aromatic rings. The second-order valence-electron chi connectivity index (χ2n) is 5.00. The van der Waals surface area contributed by atoms with Crippen LogP contribution >= 0.6 is 0 Å².